The minimum absolute atomic E-state index is 0.217. The summed E-state index contributed by atoms with van der Waals surface area (Å²) in [4.78, 5) is 26.6. The van der Waals surface area contributed by atoms with Crippen LogP contribution in [0.3, 0.4) is 0 Å². The first-order valence-corrected chi connectivity index (χ1v) is 11.5. The maximum atomic E-state index is 13.4. The molecule has 34 heavy (non-hydrogen) atoms. The van der Waals surface area contributed by atoms with Crippen molar-refractivity contribution in [3.05, 3.63) is 77.9 Å². The average Bonchev–Trinajstić information content (AvgIpc) is 3.41. The Bertz CT molecular complexity index is 1140. The molecule has 7 nitrogen and oxygen atoms in total. The molecule has 176 valence electrons. The number of carbonyl (C=O) groups is 2. The second kappa shape index (κ2) is 8.99. The van der Waals surface area contributed by atoms with Crippen molar-refractivity contribution in [2.24, 2.45) is 5.92 Å². The average molecular weight is 461 g/mol. The minimum Gasteiger partial charge on any atom is -0.497 e. The van der Waals surface area contributed by atoms with E-state index in [0.29, 0.717) is 22.9 Å². The molecule has 0 radical (unpaired) electrons. The van der Waals surface area contributed by atoms with Gasteiger partial charge in [0.05, 0.1) is 31.4 Å². The van der Waals surface area contributed by atoms with Gasteiger partial charge in [-0.2, -0.15) is 0 Å². The first kappa shape index (κ1) is 22.2. The second-order valence-corrected chi connectivity index (χ2v) is 8.83. The number of anilines is 2. The van der Waals surface area contributed by atoms with Crippen LogP contribution in [-0.4, -0.2) is 43.8 Å². The number of hydrogen-bond donors (Lipinski definition) is 2. The lowest BCUT2D eigenvalue weighted by Crippen LogP contribution is -2.53. The topological polar surface area (TPSA) is 85.9 Å². The number of amides is 1. The lowest BCUT2D eigenvalue weighted by molar-refractivity contribution is -0.138. The molecule has 3 aliphatic rings. The fraction of sp³-hybridized carbons (Fsp3) is 0.333. The summed E-state index contributed by atoms with van der Waals surface area (Å²) in [6.07, 6.45) is 6.35. The van der Waals surface area contributed by atoms with E-state index < -0.39 is 17.7 Å². The molecule has 2 aromatic rings. The molecule has 2 aromatic carbocycles. The van der Waals surface area contributed by atoms with Crippen LogP contribution < -0.4 is 15.4 Å². The third kappa shape index (κ3) is 3.76. The summed E-state index contributed by atoms with van der Waals surface area (Å²) in [6.45, 7) is 0. The summed E-state index contributed by atoms with van der Waals surface area (Å²) < 4.78 is 16.8. The highest BCUT2D eigenvalue weighted by molar-refractivity contribution is 6.12. The van der Waals surface area contributed by atoms with Crippen molar-refractivity contribution in [3.63, 3.8) is 0 Å². The number of ether oxygens (including phenoxy) is 3. The van der Waals surface area contributed by atoms with Gasteiger partial charge in [-0.3, -0.25) is 4.79 Å². The maximum Gasteiger partial charge on any atom is 0.337 e. The molecular weight excluding hydrogens is 432 g/mol. The molecule has 1 aliphatic carbocycles. The highest BCUT2D eigenvalue weighted by Crippen LogP contribution is 2.51. The molecule has 2 bridgehead atoms. The third-order valence-corrected chi connectivity index (χ3v) is 6.95. The van der Waals surface area contributed by atoms with Crippen molar-refractivity contribution in [1.82, 2.24) is 0 Å². The fourth-order valence-corrected chi connectivity index (χ4v) is 5.05. The first-order chi connectivity index (χ1) is 16.6. The molecule has 5 rings (SSSR count). The van der Waals surface area contributed by atoms with Crippen LogP contribution >= 0.6 is 0 Å². The molecule has 2 aliphatic heterocycles. The van der Waals surface area contributed by atoms with Crippen LogP contribution in [0, 0.1) is 5.92 Å². The van der Waals surface area contributed by atoms with Gasteiger partial charge >= 0.3 is 5.97 Å². The molecule has 0 aromatic heterocycles. The van der Waals surface area contributed by atoms with Gasteiger partial charge in [-0.05, 0) is 61.2 Å². The van der Waals surface area contributed by atoms with E-state index in [4.69, 9.17) is 14.2 Å². The van der Waals surface area contributed by atoms with Crippen LogP contribution in [0.1, 0.15) is 19.3 Å². The minimum atomic E-state index is -1.08. The molecule has 0 spiro atoms. The number of nitrogens with one attached hydrogen (secondary N) is 2. The fourth-order valence-electron chi connectivity index (χ4n) is 5.05. The zero-order valence-corrected chi connectivity index (χ0v) is 19.2. The van der Waals surface area contributed by atoms with E-state index in [-0.39, 0.29) is 17.5 Å². The Morgan fingerprint density at radius 1 is 1.03 bits per heavy atom. The van der Waals surface area contributed by atoms with Crippen molar-refractivity contribution in [1.29, 1.82) is 0 Å². The summed E-state index contributed by atoms with van der Waals surface area (Å²) >= 11 is 0. The smallest absolute Gasteiger partial charge is 0.337 e. The Morgan fingerprint density at radius 3 is 2.38 bits per heavy atom. The highest BCUT2D eigenvalue weighted by Gasteiger charge is 2.60. The number of fused-ring (bicyclic) bond motifs is 2. The molecule has 0 saturated heterocycles. The number of esters is 1. The van der Waals surface area contributed by atoms with Crippen LogP contribution in [0.25, 0.3) is 0 Å². The Hall–Kier alpha value is -3.58. The standard InChI is InChI=1S/C27H28N2O5/c1-32-20-13-11-19(12-14-20)29-25(30)22-21-15-16-27(34-21,23(22)26(31)33-2)24(17-7-6-8-17)28-18-9-4-3-5-10-18/h3-5,9-17,21,24,28H,6-8H2,1-2H3,(H,29,30). The van der Waals surface area contributed by atoms with E-state index >= 15 is 0 Å². The third-order valence-electron chi connectivity index (χ3n) is 6.95. The summed E-state index contributed by atoms with van der Waals surface area (Å²) in [5, 5.41) is 6.51. The van der Waals surface area contributed by atoms with E-state index in [1.165, 1.54) is 7.11 Å². The summed E-state index contributed by atoms with van der Waals surface area (Å²) in [5.74, 6) is 0.0555. The van der Waals surface area contributed by atoms with E-state index in [1.54, 1.807) is 31.4 Å². The Kier molecular flexibility index (Phi) is 5.87. The molecule has 1 amide bonds. The molecule has 3 unspecified atom stereocenters. The van der Waals surface area contributed by atoms with Gasteiger partial charge in [0.1, 0.15) is 17.5 Å². The van der Waals surface area contributed by atoms with Crippen molar-refractivity contribution in [2.75, 3.05) is 24.9 Å². The monoisotopic (exact) mass is 460 g/mol. The van der Waals surface area contributed by atoms with Crippen molar-refractivity contribution in [3.8, 4) is 5.75 Å². The molecule has 3 atom stereocenters. The van der Waals surface area contributed by atoms with Gasteiger partial charge in [0.25, 0.3) is 5.91 Å². The Labute approximate surface area is 198 Å². The van der Waals surface area contributed by atoms with Crippen molar-refractivity contribution in [2.45, 2.75) is 37.0 Å². The SMILES string of the molecule is COC(=O)C1=C(C(=O)Nc2ccc(OC)cc2)C2C=CC1(C(Nc1ccccc1)C1CCC1)O2. The lowest BCUT2D eigenvalue weighted by Gasteiger charge is -2.44. The lowest BCUT2D eigenvalue weighted by atomic mass is 9.69. The van der Waals surface area contributed by atoms with E-state index in [1.807, 2.05) is 42.5 Å². The van der Waals surface area contributed by atoms with Gasteiger partial charge in [-0.25, -0.2) is 4.79 Å². The van der Waals surface area contributed by atoms with Crippen LogP contribution in [0.4, 0.5) is 11.4 Å². The Morgan fingerprint density at radius 2 is 1.76 bits per heavy atom. The van der Waals surface area contributed by atoms with Crippen molar-refractivity contribution >= 4 is 23.3 Å². The van der Waals surface area contributed by atoms with Crippen LogP contribution in [0.5, 0.6) is 5.75 Å². The number of methoxy groups -OCH3 is 2. The number of para-hydroxylation sites is 1. The Balaban J connectivity index is 1.52. The quantitative estimate of drug-likeness (QED) is 0.456. The normalized spacial score (nSPS) is 23.9. The highest BCUT2D eigenvalue weighted by atomic mass is 16.5. The van der Waals surface area contributed by atoms with Crippen LogP contribution in [0.2, 0.25) is 0 Å². The predicted octanol–water partition coefficient (Wildman–Crippen LogP) is 4.09. The number of hydrogen-bond acceptors (Lipinski definition) is 6. The second-order valence-electron chi connectivity index (χ2n) is 8.83. The van der Waals surface area contributed by atoms with E-state index in [0.717, 1.165) is 24.9 Å². The van der Waals surface area contributed by atoms with E-state index in [2.05, 4.69) is 10.6 Å². The van der Waals surface area contributed by atoms with E-state index in [9.17, 15) is 9.59 Å². The van der Waals surface area contributed by atoms with Crippen molar-refractivity contribution < 1.29 is 23.8 Å². The molecule has 2 heterocycles. The number of rotatable bonds is 8. The summed E-state index contributed by atoms with van der Waals surface area (Å²) in [5.41, 5.74) is 1.03. The largest absolute Gasteiger partial charge is 0.497 e. The first-order valence-electron chi connectivity index (χ1n) is 11.5. The summed E-state index contributed by atoms with van der Waals surface area (Å²) in [7, 11) is 2.92. The van der Waals surface area contributed by atoms with Gasteiger partial charge in [0.2, 0.25) is 0 Å². The zero-order chi connectivity index (χ0) is 23.7. The molecule has 7 heteroatoms. The molecule has 1 saturated carbocycles. The van der Waals surface area contributed by atoms with Gasteiger partial charge in [0, 0.05) is 11.4 Å². The molecule has 2 N–H and O–H groups in total. The van der Waals surface area contributed by atoms with Gasteiger partial charge in [-0.15, -0.1) is 0 Å². The van der Waals surface area contributed by atoms with Crippen LogP contribution in [0.15, 0.2) is 77.9 Å². The molecular formula is C27H28N2O5. The van der Waals surface area contributed by atoms with Gasteiger partial charge in [0.15, 0.2) is 0 Å². The summed E-state index contributed by atoms with van der Waals surface area (Å²) in [6, 6.07) is 16.7. The van der Waals surface area contributed by atoms with Gasteiger partial charge in [-0.1, -0.05) is 30.7 Å². The van der Waals surface area contributed by atoms with Crippen LogP contribution in [-0.2, 0) is 19.1 Å². The van der Waals surface area contributed by atoms with Gasteiger partial charge < -0.3 is 24.8 Å². The molecule has 1 fully saturated rings. The number of carbonyl (C=O) groups excluding carboxylic acids is 2. The zero-order valence-electron chi connectivity index (χ0n) is 19.2. The number of benzene rings is 2. The predicted molar refractivity (Wildman–Crippen MR) is 129 cm³/mol. The maximum absolute atomic E-state index is 13.4.